The number of carbonyl (C=O) groups excluding carboxylic acids is 1. The highest BCUT2D eigenvalue weighted by atomic mass is 35.5. The Morgan fingerprint density at radius 2 is 2.04 bits per heavy atom. The van der Waals surface area contributed by atoms with Gasteiger partial charge in [-0.1, -0.05) is 47.1 Å². The quantitative estimate of drug-likeness (QED) is 0.551. The van der Waals surface area contributed by atoms with Crippen LogP contribution in [0.15, 0.2) is 47.6 Å². The third-order valence-electron chi connectivity index (χ3n) is 3.66. The predicted octanol–water partition coefficient (Wildman–Crippen LogP) is 5.18. The molecule has 0 radical (unpaired) electrons. The van der Waals surface area contributed by atoms with Crippen LogP contribution < -0.4 is 5.32 Å². The number of aromatic nitrogens is 3. The minimum Gasteiger partial charge on any atom is -0.324 e. The van der Waals surface area contributed by atoms with Crippen molar-refractivity contribution in [2.24, 2.45) is 0 Å². The third-order valence-corrected chi connectivity index (χ3v) is 4.83. The van der Waals surface area contributed by atoms with E-state index in [9.17, 15) is 18.0 Å². The van der Waals surface area contributed by atoms with E-state index in [1.54, 1.807) is 0 Å². The van der Waals surface area contributed by atoms with E-state index in [-0.39, 0.29) is 16.5 Å². The average molecular weight is 427 g/mol. The van der Waals surface area contributed by atoms with Crippen LogP contribution in [0.1, 0.15) is 11.1 Å². The second kappa shape index (κ2) is 8.24. The minimum absolute atomic E-state index is 0.0194. The van der Waals surface area contributed by atoms with E-state index in [2.05, 4.69) is 20.5 Å². The zero-order valence-electron chi connectivity index (χ0n) is 14.5. The van der Waals surface area contributed by atoms with Gasteiger partial charge in [0, 0.05) is 5.56 Å². The van der Waals surface area contributed by atoms with E-state index >= 15 is 0 Å². The van der Waals surface area contributed by atoms with Gasteiger partial charge in [0.2, 0.25) is 11.1 Å². The number of hydrogen-bond donors (Lipinski definition) is 2. The fourth-order valence-corrected chi connectivity index (χ4v) is 3.11. The molecule has 0 aliphatic carbocycles. The largest absolute Gasteiger partial charge is 0.416 e. The average Bonchev–Trinajstić information content (AvgIpc) is 3.10. The van der Waals surface area contributed by atoms with Gasteiger partial charge in [-0.05, 0) is 31.2 Å². The summed E-state index contributed by atoms with van der Waals surface area (Å²) in [5.74, 6) is -0.0434. The molecule has 0 spiro atoms. The van der Waals surface area contributed by atoms with Crippen molar-refractivity contribution < 1.29 is 18.0 Å². The molecule has 1 aromatic heterocycles. The van der Waals surface area contributed by atoms with Gasteiger partial charge >= 0.3 is 6.18 Å². The van der Waals surface area contributed by atoms with Gasteiger partial charge in [-0.15, -0.1) is 5.10 Å². The van der Waals surface area contributed by atoms with Crippen molar-refractivity contribution in [2.45, 2.75) is 18.3 Å². The number of carbonyl (C=O) groups is 1. The van der Waals surface area contributed by atoms with Crippen LogP contribution in [0, 0.1) is 6.92 Å². The summed E-state index contributed by atoms with van der Waals surface area (Å²) in [6, 6.07) is 10.4. The molecule has 0 fully saturated rings. The van der Waals surface area contributed by atoms with Gasteiger partial charge < -0.3 is 5.32 Å². The highest BCUT2D eigenvalue weighted by Crippen LogP contribution is 2.34. The minimum atomic E-state index is -4.52. The van der Waals surface area contributed by atoms with Gasteiger partial charge in [-0.2, -0.15) is 13.2 Å². The number of amides is 1. The number of aromatic amines is 1. The maximum atomic E-state index is 12.8. The Bertz CT molecular complexity index is 1010. The number of hydrogen-bond acceptors (Lipinski definition) is 4. The Labute approximate surface area is 167 Å². The van der Waals surface area contributed by atoms with Crippen molar-refractivity contribution >= 4 is 35.0 Å². The summed E-state index contributed by atoms with van der Waals surface area (Å²) >= 11 is 6.93. The number of benzene rings is 2. The maximum Gasteiger partial charge on any atom is 0.416 e. The number of anilines is 1. The summed E-state index contributed by atoms with van der Waals surface area (Å²) in [6.45, 7) is 1.96. The van der Waals surface area contributed by atoms with Crippen LogP contribution in [0.2, 0.25) is 5.02 Å². The number of alkyl halides is 3. The van der Waals surface area contributed by atoms with Crippen LogP contribution in [-0.4, -0.2) is 26.8 Å². The first-order valence-electron chi connectivity index (χ1n) is 8.01. The van der Waals surface area contributed by atoms with Crippen LogP contribution >= 0.6 is 23.4 Å². The van der Waals surface area contributed by atoms with Gasteiger partial charge in [0.15, 0.2) is 5.82 Å². The SMILES string of the molecule is Cc1cccc(-c2nc(SCC(=O)Nc3cc(C(F)(F)F)ccc3Cl)n[nH]2)c1. The second-order valence-electron chi connectivity index (χ2n) is 5.87. The molecule has 3 aromatic rings. The highest BCUT2D eigenvalue weighted by Gasteiger charge is 2.31. The maximum absolute atomic E-state index is 12.8. The van der Waals surface area contributed by atoms with Crippen molar-refractivity contribution in [1.82, 2.24) is 15.2 Å². The van der Waals surface area contributed by atoms with Crippen molar-refractivity contribution in [3.8, 4) is 11.4 Å². The van der Waals surface area contributed by atoms with Crippen molar-refractivity contribution in [1.29, 1.82) is 0 Å². The molecule has 28 heavy (non-hydrogen) atoms. The first-order valence-corrected chi connectivity index (χ1v) is 9.37. The van der Waals surface area contributed by atoms with E-state index in [0.29, 0.717) is 11.0 Å². The van der Waals surface area contributed by atoms with Crippen LogP contribution in [0.5, 0.6) is 0 Å². The molecular formula is C18H14ClF3N4OS. The first-order chi connectivity index (χ1) is 13.2. The normalized spacial score (nSPS) is 11.5. The smallest absolute Gasteiger partial charge is 0.324 e. The van der Waals surface area contributed by atoms with Gasteiger partial charge in [-0.3, -0.25) is 9.89 Å². The van der Waals surface area contributed by atoms with Crippen molar-refractivity contribution in [3.05, 3.63) is 58.6 Å². The molecule has 0 saturated heterocycles. The van der Waals surface area contributed by atoms with Crippen LogP contribution in [0.25, 0.3) is 11.4 Å². The Morgan fingerprint density at radius 3 is 2.75 bits per heavy atom. The van der Waals surface area contributed by atoms with Gasteiger partial charge in [-0.25, -0.2) is 4.98 Å². The zero-order chi connectivity index (χ0) is 20.3. The molecule has 0 aliphatic rings. The number of nitrogens with one attached hydrogen (secondary N) is 2. The topological polar surface area (TPSA) is 70.7 Å². The Morgan fingerprint density at radius 1 is 1.25 bits per heavy atom. The molecule has 5 nitrogen and oxygen atoms in total. The second-order valence-corrected chi connectivity index (χ2v) is 7.22. The summed E-state index contributed by atoms with van der Waals surface area (Å²) in [4.78, 5) is 16.4. The molecule has 1 amide bonds. The molecule has 0 aliphatic heterocycles. The molecular weight excluding hydrogens is 413 g/mol. The molecule has 10 heteroatoms. The third kappa shape index (κ3) is 5.05. The molecule has 0 atom stereocenters. The number of H-pyrrole nitrogens is 1. The molecule has 2 N–H and O–H groups in total. The Hall–Kier alpha value is -2.52. The lowest BCUT2D eigenvalue weighted by molar-refractivity contribution is -0.137. The lowest BCUT2D eigenvalue weighted by Crippen LogP contribution is -2.15. The monoisotopic (exact) mass is 426 g/mol. The van der Waals surface area contributed by atoms with Crippen LogP contribution in [0.3, 0.4) is 0 Å². The molecule has 2 aromatic carbocycles. The summed E-state index contributed by atoms with van der Waals surface area (Å²) in [5.41, 5.74) is 0.939. The number of thioether (sulfide) groups is 1. The fourth-order valence-electron chi connectivity index (χ4n) is 2.35. The van der Waals surface area contributed by atoms with E-state index < -0.39 is 17.6 Å². The van der Waals surface area contributed by atoms with E-state index in [4.69, 9.17) is 11.6 Å². The van der Waals surface area contributed by atoms with Crippen molar-refractivity contribution in [2.75, 3.05) is 11.1 Å². The molecule has 0 saturated carbocycles. The summed E-state index contributed by atoms with van der Waals surface area (Å²) < 4.78 is 38.4. The summed E-state index contributed by atoms with van der Waals surface area (Å²) in [6.07, 6.45) is -4.52. The number of halogens is 4. The first kappa shape index (κ1) is 20.2. The van der Waals surface area contributed by atoms with E-state index in [1.165, 1.54) is 0 Å². The lowest BCUT2D eigenvalue weighted by atomic mass is 10.1. The number of aryl methyl sites for hydroxylation is 1. The number of nitrogens with zero attached hydrogens (tertiary/aromatic N) is 2. The molecule has 0 bridgehead atoms. The molecule has 1 heterocycles. The Kier molecular flexibility index (Phi) is 5.95. The fraction of sp³-hybridized carbons (Fsp3) is 0.167. The van der Waals surface area contributed by atoms with Crippen LogP contribution in [-0.2, 0) is 11.0 Å². The number of rotatable bonds is 5. The lowest BCUT2D eigenvalue weighted by Gasteiger charge is -2.11. The molecule has 146 valence electrons. The van der Waals surface area contributed by atoms with Crippen molar-refractivity contribution in [3.63, 3.8) is 0 Å². The van der Waals surface area contributed by atoms with Crippen LogP contribution in [0.4, 0.5) is 18.9 Å². The molecule has 0 unspecified atom stereocenters. The summed E-state index contributed by atoms with van der Waals surface area (Å²) in [5, 5.41) is 9.58. The van der Waals surface area contributed by atoms with Gasteiger partial charge in [0.1, 0.15) is 0 Å². The van der Waals surface area contributed by atoms with E-state index in [0.717, 1.165) is 41.1 Å². The standard InChI is InChI=1S/C18H14ClF3N4OS/c1-10-3-2-4-11(7-10)16-24-17(26-25-16)28-9-15(27)23-14-8-12(18(20,21)22)5-6-13(14)19/h2-8H,9H2,1H3,(H,23,27)(H,24,25,26). The Balaban J connectivity index is 1.62. The zero-order valence-corrected chi connectivity index (χ0v) is 16.0. The van der Waals surface area contributed by atoms with E-state index in [1.807, 2.05) is 31.2 Å². The van der Waals surface area contributed by atoms with Gasteiger partial charge in [0.25, 0.3) is 0 Å². The highest BCUT2D eigenvalue weighted by molar-refractivity contribution is 7.99. The summed E-state index contributed by atoms with van der Waals surface area (Å²) in [7, 11) is 0. The predicted molar refractivity (Wildman–Crippen MR) is 102 cm³/mol. The molecule has 3 rings (SSSR count). The van der Waals surface area contributed by atoms with Gasteiger partial charge in [0.05, 0.1) is 22.0 Å².